The van der Waals surface area contributed by atoms with Crippen molar-refractivity contribution in [2.75, 3.05) is 5.32 Å². The molecule has 0 heterocycles. The fourth-order valence-electron chi connectivity index (χ4n) is 1.30. The number of aliphatic hydroxyl groups is 1. The first-order valence-electron chi connectivity index (χ1n) is 6.40. The molecule has 3 N–H and O–H groups in total. The largest absolute Gasteiger partial charge is 0.392 e. The quantitative estimate of drug-likeness (QED) is 0.550. The molecule has 0 spiro atoms. The van der Waals surface area contributed by atoms with Gasteiger partial charge < -0.3 is 10.4 Å². The number of hydrogen-bond donors (Lipinski definition) is 3. The van der Waals surface area contributed by atoms with Crippen LogP contribution in [0.15, 0.2) is 24.3 Å². The molecule has 0 unspecified atom stereocenters. The monoisotopic (exact) mass is 306 g/mol. The number of benzene rings is 1. The maximum Gasteiger partial charge on any atom is 0.251 e. The van der Waals surface area contributed by atoms with E-state index in [-0.39, 0.29) is 24.3 Å². The van der Waals surface area contributed by atoms with Crippen LogP contribution >= 0.6 is 11.9 Å². The van der Waals surface area contributed by atoms with Crippen LogP contribution in [-0.2, 0) is 16.2 Å². The Hall–Kier alpha value is -1.97. The molecule has 0 bridgehead atoms. The van der Waals surface area contributed by atoms with Gasteiger partial charge in [-0.15, -0.1) is 6.42 Å². The molecule has 0 fully saturated rings. The summed E-state index contributed by atoms with van der Waals surface area (Å²) in [6.07, 6.45) is 5.32. The molecule has 1 atom stereocenters. The zero-order valence-corrected chi connectivity index (χ0v) is 12.7. The topological polar surface area (TPSA) is 78.4 Å². The normalized spacial score (nSPS) is 11.6. The molecule has 21 heavy (non-hydrogen) atoms. The third-order valence-electron chi connectivity index (χ3n) is 2.60. The van der Waals surface area contributed by atoms with Gasteiger partial charge in [0.1, 0.15) is 0 Å². The van der Waals surface area contributed by atoms with E-state index < -0.39 is 5.25 Å². The van der Waals surface area contributed by atoms with Crippen molar-refractivity contribution in [3.63, 3.8) is 0 Å². The van der Waals surface area contributed by atoms with Gasteiger partial charge in [-0.3, -0.25) is 14.3 Å². The Balaban J connectivity index is 2.58. The van der Waals surface area contributed by atoms with E-state index >= 15 is 0 Å². The minimum Gasteiger partial charge on any atom is -0.392 e. The van der Waals surface area contributed by atoms with Crippen molar-refractivity contribution >= 4 is 29.4 Å². The molecule has 0 aliphatic heterocycles. The summed E-state index contributed by atoms with van der Waals surface area (Å²) < 4.78 is 2.56. The molecule has 1 aromatic carbocycles. The highest BCUT2D eigenvalue weighted by atomic mass is 32.2. The molecular formula is C15H18N2O3S. The Morgan fingerprint density at radius 2 is 1.90 bits per heavy atom. The van der Waals surface area contributed by atoms with Crippen LogP contribution in [0.2, 0.25) is 0 Å². The van der Waals surface area contributed by atoms with Crippen LogP contribution in [0.3, 0.4) is 0 Å². The van der Waals surface area contributed by atoms with Crippen molar-refractivity contribution < 1.29 is 14.7 Å². The predicted octanol–water partition coefficient (Wildman–Crippen LogP) is 1.54. The molecule has 1 rings (SSSR count). The van der Waals surface area contributed by atoms with Gasteiger partial charge in [-0.1, -0.05) is 31.9 Å². The lowest BCUT2D eigenvalue weighted by atomic mass is 10.2. The number of carbonyl (C=O) groups excluding carboxylic acids is 2. The first-order valence-corrected chi connectivity index (χ1v) is 7.28. The van der Waals surface area contributed by atoms with E-state index in [2.05, 4.69) is 16.0 Å². The molecule has 6 heteroatoms. The van der Waals surface area contributed by atoms with E-state index in [1.165, 1.54) is 0 Å². The Morgan fingerprint density at radius 3 is 2.38 bits per heavy atom. The number of amides is 2. The third-order valence-corrected chi connectivity index (χ3v) is 3.50. The van der Waals surface area contributed by atoms with Gasteiger partial charge >= 0.3 is 0 Å². The number of nitrogens with one attached hydrogen (secondary N) is 2. The maximum absolute atomic E-state index is 12.0. The van der Waals surface area contributed by atoms with E-state index in [1.807, 2.05) is 0 Å². The second-order valence-corrected chi connectivity index (χ2v) is 5.54. The standard InChI is InChI=1S/C15H18N2O3S/c1-4-13(21-17-14(19)10(2)3)15(20)16-12-7-5-11(9-18)6-8-12/h1,5-8,10,13,18H,9H2,2-3H3,(H,16,20)(H,17,19)/t13-/m0/s1. The molecular weight excluding hydrogens is 288 g/mol. The average Bonchev–Trinajstić information content (AvgIpc) is 2.48. The van der Waals surface area contributed by atoms with Crippen molar-refractivity contribution in [1.29, 1.82) is 0 Å². The minimum atomic E-state index is -0.815. The van der Waals surface area contributed by atoms with Gasteiger partial charge in [0.05, 0.1) is 6.61 Å². The summed E-state index contributed by atoms with van der Waals surface area (Å²) in [4.78, 5) is 23.5. The lowest BCUT2D eigenvalue weighted by Crippen LogP contribution is -2.30. The van der Waals surface area contributed by atoms with Crippen LogP contribution in [0.1, 0.15) is 19.4 Å². The molecule has 0 aliphatic carbocycles. The van der Waals surface area contributed by atoms with Crippen molar-refractivity contribution in [1.82, 2.24) is 4.72 Å². The van der Waals surface area contributed by atoms with Crippen LogP contribution in [0.25, 0.3) is 0 Å². The van der Waals surface area contributed by atoms with Crippen LogP contribution in [0, 0.1) is 18.3 Å². The zero-order valence-electron chi connectivity index (χ0n) is 11.9. The average molecular weight is 306 g/mol. The SMILES string of the molecule is C#C[C@H](SNC(=O)C(C)C)C(=O)Nc1ccc(CO)cc1. The van der Waals surface area contributed by atoms with Crippen molar-refractivity contribution in [3.05, 3.63) is 29.8 Å². The highest BCUT2D eigenvalue weighted by molar-refractivity contribution is 7.99. The third kappa shape index (κ3) is 5.50. The molecule has 0 saturated carbocycles. The number of terminal acetylenes is 1. The molecule has 1 aromatic rings. The molecule has 0 radical (unpaired) electrons. The number of hydrogen-bond acceptors (Lipinski definition) is 4. The summed E-state index contributed by atoms with van der Waals surface area (Å²) in [5.74, 6) is 1.59. The second kappa shape index (κ2) is 8.35. The summed E-state index contributed by atoms with van der Waals surface area (Å²) in [6.45, 7) is 3.45. The maximum atomic E-state index is 12.0. The van der Waals surface area contributed by atoms with Gasteiger partial charge in [-0.25, -0.2) is 0 Å². The first-order chi connectivity index (χ1) is 9.97. The van der Waals surface area contributed by atoms with E-state index in [9.17, 15) is 9.59 Å². The van der Waals surface area contributed by atoms with Gasteiger partial charge in [0.15, 0.2) is 5.25 Å². The smallest absolute Gasteiger partial charge is 0.251 e. The van der Waals surface area contributed by atoms with Gasteiger partial charge in [-0.05, 0) is 29.6 Å². The van der Waals surface area contributed by atoms with E-state index in [1.54, 1.807) is 38.1 Å². The van der Waals surface area contributed by atoms with Gasteiger partial charge in [-0.2, -0.15) is 0 Å². The van der Waals surface area contributed by atoms with E-state index in [0.29, 0.717) is 5.69 Å². The molecule has 0 aromatic heterocycles. The minimum absolute atomic E-state index is 0.0572. The Kier molecular flexibility index (Phi) is 6.79. The summed E-state index contributed by atoms with van der Waals surface area (Å²) in [7, 11) is 0. The number of aliphatic hydroxyl groups excluding tert-OH is 1. The molecule has 112 valence electrons. The van der Waals surface area contributed by atoms with Crippen LogP contribution in [0.4, 0.5) is 5.69 Å². The number of rotatable bonds is 6. The zero-order chi connectivity index (χ0) is 15.8. The molecule has 5 nitrogen and oxygen atoms in total. The van der Waals surface area contributed by atoms with Crippen LogP contribution in [-0.4, -0.2) is 22.2 Å². The van der Waals surface area contributed by atoms with E-state index in [0.717, 1.165) is 17.5 Å². The molecule has 0 saturated heterocycles. The van der Waals surface area contributed by atoms with Crippen LogP contribution in [0.5, 0.6) is 0 Å². The van der Waals surface area contributed by atoms with Crippen molar-refractivity contribution in [3.8, 4) is 12.3 Å². The van der Waals surface area contributed by atoms with Crippen molar-refractivity contribution in [2.24, 2.45) is 5.92 Å². The summed E-state index contributed by atoms with van der Waals surface area (Å²) in [5.41, 5.74) is 1.33. The second-order valence-electron chi connectivity index (χ2n) is 4.63. The first kappa shape index (κ1) is 17.1. The Bertz CT molecular complexity index is 535. The summed E-state index contributed by atoms with van der Waals surface area (Å²) in [6, 6.07) is 6.76. The van der Waals surface area contributed by atoms with E-state index in [4.69, 9.17) is 11.5 Å². The highest BCUT2D eigenvalue weighted by Crippen LogP contribution is 2.13. The van der Waals surface area contributed by atoms with Gasteiger partial charge in [0.2, 0.25) is 5.91 Å². The fourth-order valence-corrected chi connectivity index (χ4v) is 2.00. The van der Waals surface area contributed by atoms with Gasteiger partial charge in [0.25, 0.3) is 5.91 Å². The highest BCUT2D eigenvalue weighted by Gasteiger charge is 2.19. The number of carbonyl (C=O) groups is 2. The van der Waals surface area contributed by atoms with Crippen LogP contribution < -0.4 is 10.0 Å². The Morgan fingerprint density at radius 1 is 1.29 bits per heavy atom. The predicted molar refractivity (Wildman–Crippen MR) is 84.2 cm³/mol. The lowest BCUT2D eigenvalue weighted by Gasteiger charge is -2.13. The van der Waals surface area contributed by atoms with Gasteiger partial charge in [0, 0.05) is 11.6 Å². The Labute approximate surface area is 128 Å². The van der Waals surface area contributed by atoms with Crippen molar-refractivity contribution in [2.45, 2.75) is 25.7 Å². The fraction of sp³-hybridized carbons (Fsp3) is 0.333. The summed E-state index contributed by atoms with van der Waals surface area (Å²) >= 11 is 0.905. The molecule has 2 amide bonds. The summed E-state index contributed by atoms with van der Waals surface area (Å²) in [5, 5.41) is 10.8. The number of anilines is 1. The molecule has 0 aliphatic rings. The lowest BCUT2D eigenvalue weighted by molar-refractivity contribution is -0.122.